The van der Waals surface area contributed by atoms with Gasteiger partial charge in [0.2, 0.25) is 0 Å². The molecule has 1 aromatic rings. The van der Waals surface area contributed by atoms with E-state index in [4.69, 9.17) is 0 Å². The van der Waals surface area contributed by atoms with Crippen LogP contribution in [0.2, 0.25) is 0 Å². The fourth-order valence-electron chi connectivity index (χ4n) is 3.09. The van der Waals surface area contributed by atoms with Crippen LogP contribution in [-0.2, 0) is 0 Å². The van der Waals surface area contributed by atoms with Crippen molar-refractivity contribution in [1.29, 1.82) is 0 Å². The van der Waals surface area contributed by atoms with E-state index in [9.17, 15) is 5.11 Å². The van der Waals surface area contributed by atoms with Gasteiger partial charge in [-0.05, 0) is 56.8 Å². The largest absolute Gasteiger partial charge is 0.508 e. The van der Waals surface area contributed by atoms with Gasteiger partial charge in [0.1, 0.15) is 5.75 Å². The van der Waals surface area contributed by atoms with Crippen molar-refractivity contribution in [2.45, 2.75) is 31.6 Å². The van der Waals surface area contributed by atoms with Crippen LogP contribution in [0.1, 0.15) is 37.2 Å². The lowest BCUT2D eigenvalue weighted by Gasteiger charge is -2.31. The zero-order valence-electron chi connectivity index (χ0n) is 10.9. The van der Waals surface area contributed by atoms with E-state index < -0.39 is 0 Å². The van der Waals surface area contributed by atoms with Gasteiger partial charge in [-0.3, -0.25) is 0 Å². The molecule has 2 nitrogen and oxygen atoms in total. The van der Waals surface area contributed by atoms with E-state index in [2.05, 4.69) is 25.1 Å². The number of nitrogens with zero attached hydrogens (tertiary/aromatic N) is 1. The molecule has 0 bridgehead atoms. The molecule has 2 rings (SSSR count). The number of hydrogen-bond donors (Lipinski definition) is 1. The molecule has 1 fully saturated rings. The van der Waals surface area contributed by atoms with Gasteiger partial charge in [-0.2, -0.15) is 0 Å². The average molecular weight is 233 g/mol. The molecule has 0 radical (unpaired) electrons. The van der Waals surface area contributed by atoms with Gasteiger partial charge in [-0.15, -0.1) is 0 Å². The third-order valence-electron chi connectivity index (χ3n) is 3.78. The van der Waals surface area contributed by atoms with E-state index in [1.54, 1.807) is 0 Å². The number of rotatable bonds is 3. The zero-order valence-corrected chi connectivity index (χ0v) is 10.9. The lowest BCUT2D eigenvalue weighted by molar-refractivity contribution is 0.244. The smallest absolute Gasteiger partial charge is 0.119 e. The second-order valence-corrected chi connectivity index (χ2v) is 5.55. The van der Waals surface area contributed by atoms with Crippen molar-refractivity contribution in [3.05, 3.63) is 29.8 Å². The van der Waals surface area contributed by atoms with Crippen LogP contribution in [0, 0.1) is 5.92 Å². The van der Waals surface area contributed by atoms with Crippen LogP contribution in [0.15, 0.2) is 24.3 Å². The summed E-state index contributed by atoms with van der Waals surface area (Å²) in [5, 5.41) is 9.92. The molecule has 2 heteroatoms. The summed E-state index contributed by atoms with van der Waals surface area (Å²) in [5.74, 6) is 1.81. The van der Waals surface area contributed by atoms with Gasteiger partial charge >= 0.3 is 0 Å². The minimum Gasteiger partial charge on any atom is -0.508 e. The number of phenols is 1. The lowest BCUT2D eigenvalue weighted by atomic mass is 9.77. The Morgan fingerprint density at radius 1 is 1.24 bits per heavy atom. The van der Waals surface area contributed by atoms with Crippen molar-refractivity contribution in [2.75, 3.05) is 20.6 Å². The highest BCUT2D eigenvalue weighted by Gasteiger charge is 2.24. The Labute approximate surface area is 104 Å². The van der Waals surface area contributed by atoms with E-state index in [0.29, 0.717) is 11.7 Å². The molecule has 0 heterocycles. The van der Waals surface area contributed by atoms with Gasteiger partial charge in [0.05, 0.1) is 0 Å². The fourth-order valence-corrected chi connectivity index (χ4v) is 3.09. The summed E-state index contributed by atoms with van der Waals surface area (Å²) < 4.78 is 0. The second-order valence-electron chi connectivity index (χ2n) is 5.55. The van der Waals surface area contributed by atoms with Gasteiger partial charge in [0.25, 0.3) is 0 Å². The minimum atomic E-state index is 0.475. The normalized spacial score (nSPS) is 25.1. The van der Waals surface area contributed by atoms with Gasteiger partial charge in [0.15, 0.2) is 0 Å². The van der Waals surface area contributed by atoms with Crippen LogP contribution >= 0.6 is 0 Å². The van der Waals surface area contributed by atoms with E-state index >= 15 is 0 Å². The molecule has 1 aromatic carbocycles. The molecule has 1 aliphatic carbocycles. The standard InChI is InChI=1S/C15H23NO/c1-16(2)11-12-6-5-7-13(10-12)14-8-3-4-9-15(14)17/h3-4,8-9,12-13,17H,5-7,10-11H2,1-2H3. The molecule has 94 valence electrons. The average Bonchev–Trinajstić information content (AvgIpc) is 2.29. The van der Waals surface area contributed by atoms with Crippen LogP contribution < -0.4 is 0 Å². The number of aromatic hydroxyl groups is 1. The monoisotopic (exact) mass is 233 g/mol. The summed E-state index contributed by atoms with van der Waals surface area (Å²) in [5.41, 5.74) is 1.15. The Kier molecular flexibility index (Phi) is 4.06. The van der Waals surface area contributed by atoms with Crippen molar-refractivity contribution >= 4 is 0 Å². The lowest BCUT2D eigenvalue weighted by Crippen LogP contribution is -2.25. The first-order chi connectivity index (χ1) is 8.16. The van der Waals surface area contributed by atoms with Crippen LogP contribution in [0.4, 0.5) is 0 Å². The zero-order chi connectivity index (χ0) is 12.3. The number of benzene rings is 1. The van der Waals surface area contributed by atoms with Crippen molar-refractivity contribution < 1.29 is 5.11 Å². The molecule has 0 amide bonds. The molecular formula is C15H23NO. The molecule has 17 heavy (non-hydrogen) atoms. The summed E-state index contributed by atoms with van der Waals surface area (Å²) in [6.07, 6.45) is 5.07. The molecular weight excluding hydrogens is 210 g/mol. The van der Waals surface area contributed by atoms with Gasteiger partial charge in [-0.25, -0.2) is 0 Å². The van der Waals surface area contributed by atoms with Crippen molar-refractivity contribution in [1.82, 2.24) is 4.90 Å². The van der Waals surface area contributed by atoms with E-state index in [1.165, 1.54) is 32.2 Å². The highest BCUT2D eigenvalue weighted by molar-refractivity contribution is 5.35. The Hall–Kier alpha value is -1.02. The molecule has 1 aliphatic rings. The first kappa shape index (κ1) is 12.4. The second kappa shape index (κ2) is 5.54. The predicted molar refractivity (Wildman–Crippen MR) is 71.4 cm³/mol. The van der Waals surface area contributed by atoms with Crippen LogP contribution in [0.5, 0.6) is 5.75 Å². The summed E-state index contributed by atoms with van der Waals surface area (Å²) in [4.78, 5) is 2.28. The van der Waals surface area contributed by atoms with Gasteiger partial charge < -0.3 is 10.0 Å². The van der Waals surface area contributed by atoms with Crippen LogP contribution in [0.25, 0.3) is 0 Å². The molecule has 2 atom stereocenters. The van der Waals surface area contributed by atoms with Crippen molar-refractivity contribution in [3.8, 4) is 5.75 Å². The number of hydrogen-bond acceptors (Lipinski definition) is 2. The Morgan fingerprint density at radius 2 is 2.00 bits per heavy atom. The van der Waals surface area contributed by atoms with Crippen molar-refractivity contribution in [3.63, 3.8) is 0 Å². The van der Waals surface area contributed by atoms with Crippen LogP contribution in [0.3, 0.4) is 0 Å². The maximum atomic E-state index is 9.92. The summed E-state index contributed by atoms with van der Waals surface area (Å²) in [6, 6.07) is 7.83. The van der Waals surface area contributed by atoms with Crippen molar-refractivity contribution in [2.24, 2.45) is 5.92 Å². The maximum Gasteiger partial charge on any atom is 0.119 e. The Balaban J connectivity index is 2.04. The molecule has 2 unspecified atom stereocenters. The third kappa shape index (κ3) is 3.22. The van der Waals surface area contributed by atoms with E-state index in [1.807, 2.05) is 18.2 Å². The van der Waals surface area contributed by atoms with Gasteiger partial charge in [0, 0.05) is 6.54 Å². The predicted octanol–water partition coefficient (Wildman–Crippen LogP) is 3.23. The molecule has 0 aliphatic heterocycles. The quantitative estimate of drug-likeness (QED) is 0.866. The summed E-state index contributed by atoms with van der Waals surface area (Å²) in [6.45, 7) is 1.17. The molecule has 0 spiro atoms. The van der Waals surface area contributed by atoms with Gasteiger partial charge in [-0.1, -0.05) is 24.6 Å². The molecule has 0 aromatic heterocycles. The van der Waals surface area contributed by atoms with E-state index in [0.717, 1.165) is 11.5 Å². The highest BCUT2D eigenvalue weighted by Crippen LogP contribution is 2.39. The minimum absolute atomic E-state index is 0.475. The topological polar surface area (TPSA) is 23.5 Å². The molecule has 0 saturated heterocycles. The van der Waals surface area contributed by atoms with Crippen LogP contribution in [-0.4, -0.2) is 30.6 Å². The Bertz CT molecular complexity index is 362. The summed E-state index contributed by atoms with van der Waals surface area (Å²) in [7, 11) is 4.28. The highest BCUT2D eigenvalue weighted by atomic mass is 16.3. The third-order valence-corrected chi connectivity index (χ3v) is 3.78. The molecule has 1 N–H and O–H groups in total. The van der Waals surface area contributed by atoms with E-state index in [-0.39, 0.29) is 0 Å². The summed E-state index contributed by atoms with van der Waals surface area (Å²) >= 11 is 0. The fraction of sp³-hybridized carbons (Fsp3) is 0.600. The SMILES string of the molecule is CN(C)CC1CCCC(c2ccccc2O)C1. The number of para-hydroxylation sites is 1. The number of phenolic OH excluding ortho intramolecular Hbond substituents is 1. The molecule has 1 saturated carbocycles. The maximum absolute atomic E-state index is 9.92. The first-order valence-corrected chi connectivity index (χ1v) is 6.59. The Morgan fingerprint density at radius 3 is 2.71 bits per heavy atom. The first-order valence-electron chi connectivity index (χ1n) is 6.59.